The SMILES string of the molecule is Cc1ccc(C)c(C[N+]2=C(N/N=C/c3ccc(Br)cc3)N=C3C2C(=O)N(C)C(=O)N3C)c1. The van der Waals surface area contributed by atoms with Crippen molar-refractivity contribution in [3.05, 3.63) is 69.2 Å². The van der Waals surface area contributed by atoms with E-state index in [9.17, 15) is 9.59 Å². The lowest BCUT2D eigenvalue weighted by atomic mass is 10.0. The zero-order valence-electron chi connectivity index (χ0n) is 18.3. The fraction of sp³-hybridized carbons (Fsp3) is 0.261. The Morgan fingerprint density at radius 2 is 1.84 bits per heavy atom. The molecular weight excluding hydrogens is 472 g/mol. The Balaban J connectivity index is 1.70. The van der Waals surface area contributed by atoms with Gasteiger partial charge in [0.05, 0.1) is 12.8 Å². The number of likely N-dealkylation sites (N-methyl/N-ethyl adjacent to an activating group) is 2. The Kier molecular flexibility index (Phi) is 5.92. The number of amidine groups is 1. The standard InChI is InChI=1S/C23H23BrN6O2/c1-14-5-6-15(2)17(11-14)13-30-19-20(28(3)23(32)29(4)21(19)31)26-22(30)27-25-12-16-7-9-18(24)10-8-16/h5-12,19H,13H2,1-4H3/p+1/b25-12+. The first kappa shape index (κ1) is 21.9. The number of halogens is 1. The van der Waals surface area contributed by atoms with Gasteiger partial charge >= 0.3 is 12.0 Å². The average molecular weight is 496 g/mol. The van der Waals surface area contributed by atoms with E-state index >= 15 is 0 Å². The van der Waals surface area contributed by atoms with Crippen LogP contribution in [0.4, 0.5) is 4.79 Å². The van der Waals surface area contributed by atoms with Crippen molar-refractivity contribution in [3.63, 3.8) is 0 Å². The molecule has 0 saturated carbocycles. The highest BCUT2D eigenvalue weighted by Crippen LogP contribution is 2.21. The maximum absolute atomic E-state index is 13.1. The van der Waals surface area contributed by atoms with Crippen LogP contribution in [0, 0.1) is 13.8 Å². The molecule has 2 aromatic carbocycles. The highest BCUT2D eigenvalue weighted by Gasteiger charge is 2.51. The number of hydrazone groups is 1. The van der Waals surface area contributed by atoms with Crippen LogP contribution in [-0.4, -0.2) is 64.5 Å². The van der Waals surface area contributed by atoms with Crippen LogP contribution in [0.25, 0.3) is 0 Å². The molecule has 1 N–H and O–H groups in total. The second-order valence-corrected chi connectivity index (χ2v) is 8.83. The number of amides is 3. The maximum Gasteiger partial charge on any atom is 0.414 e. The zero-order valence-corrected chi connectivity index (χ0v) is 19.9. The van der Waals surface area contributed by atoms with Gasteiger partial charge < -0.3 is 0 Å². The number of nitrogens with one attached hydrogen (secondary N) is 1. The number of rotatable bonds is 4. The van der Waals surface area contributed by atoms with Crippen molar-refractivity contribution in [1.82, 2.24) is 15.2 Å². The molecule has 9 heteroatoms. The van der Waals surface area contributed by atoms with E-state index in [0.29, 0.717) is 18.3 Å². The number of carbonyl (C=O) groups excluding carboxylic acids is 2. The summed E-state index contributed by atoms with van der Waals surface area (Å²) >= 11 is 3.42. The maximum atomic E-state index is 13.1. The van der Waals surface area contributed by atoms with Crippen molar-refractivity contribution in [2.75, 3.05) is 14.1 Å². The first-order chi connectivity index (χ1) is 15.3. The molecule has 0 aliphatic carbocycles. The lowest BCUT2D eigenvalue weighted by Gasteiger charge is -2.31. The quantitative estimate of drug-likeness (QED) is 0.402. The molecule has 2 heterocycles. The molecule has 164 valence electrons. The van der Waals surface area contributed by atoms with Gasteiger partial charge in [0, 0.05) is 18.6 Å². The zero-order chi connectivity index (χ0) is 23.0. The van der Waals surface area contributed by atoms with Crippen LogP contribution in [-0.2, 0) is 11.3 Å². The number of nitrogens with zero attached hydrogens (tertiary/aromatic N) is 5. The number of urea groups is 1. The van der Waals surface area contributed by atoms with Crippen LogP contribution in [0.5, 0.6) is 0 Å². The highest BCUT2D eigenvalue weighted by molar-refractivity contribution is 9.10. The first-order valence-electron chi connectivity index (χ1n) is 10.1. The van der Waals surface area contributed by atoms with Crippen LogP contribution >= 0.6 is 15.9 Å². The molecule has 1 atom stereocenters. The van der Waals surface area contributed by atoms with Gasteiger partial charge in [-0.15, -0.1) is 5.10 Å². The summed E-state index contributed by atoms with van der Waals surface area (Å²) in [5.41, 5.74) is 7.21. The largest absolute Gasteiger partial charge is 0.414 e. The van der Waals surface area contributed by atoms with E-state index in [1.807, 2.05) is 42.7 Å². The summed E-state index contributed by atoms with van der Waals surface area (Å²) in [6.07, 6.45) is 1.68. The molecule has 2 aliphatic rings. The Labute approximate surface area is 195 Å². The fourth-order valence-electron chi connectivity index (χ4n) is 3.72. The van der Waals surface area contributed by atoms with Crippen LogP contribution in [0.3, 0.4) is 0 Å². The average Bonchev–Trinajstić information content (AvgIpc) is 3.13. The molecule has 0 radical (unpaired) electrons. The summed E-state index contributed by atoms with van der Waals surface area (Å²) in [7, 11) is 3.12. The Bertz CT molecular complexity index is 1190. The number of aliphatic imine (C=N–C) groups is 1. The smallest absolute Gasteiger partial charge is 0.270 e. The van der Waals surface area contributed by atoms with E-state index in [1.165, 1.54) is 11.9 Å². The van der Waals surface area contributed by atoms with Crippen molar-refractivity contribution in [3.8, 4) is 0 Å². The molecule has 1 saturated heterocycles. The van der Waals surface area contributed by atoms with Crippen molar-refractivity contribution < 1.29 is 14.2 Å². The molecule has 3 amide bonds. The molecule has 8 nitrogen and oxygen atoms in total. The van der Waals surface area contributed by atoms with E-state index in [1.54, 1.807) is 13.3 Å². The van der Waals surface area contributed by atoms with Gasteiger partial charge in [0.15, 0.2) is 0 Å². The number of imide groups is 1. The van der Waals surface area contributed by atoms with Gasteiger partial charge in [-0.1, -0.05) is 56.8 Å². The van der Waals surface area contributed by atoms with Crippen LogP contribution in [0.15, 0.2) is 57.0 Å². The van der Waals surface area contributed by atoms with Crippen LogP contribution in [0.2, 0.25) is 0 Å². The number of aryl methyl sites for hydroxylation is 2. The Morgan fingerprint density at radius 1 is 1.12 bits per heavy atom. The summed E-state index contributed by atoms with van der Waals surface area (Å²) in [5.74, 6) is 0.498. The molecule has 2 aliphatic heterocycles. The van der Waals surface area contributed by atoms with Crippen molar-refractivity contribution in [2.45, 2.75) is 26.4 Å². The van der Waals surface area contributed by atoms with E-state index < -0.39 is 12.1 Å². The molecule has 2 aromatic rings. The number of guanidine groups is 1. The minimum absolute atomic E-state index is 0.314. The summed E-state index contributed by atoms with van der Waals surface area (Å²) in [6, 6.07) is 12.8. The summed E-state index contributed by atoms with van der Waals surface area (Å²) in [4.78, 5) is 32.6. The third kappa shape index (κ3) is 4.08. The second-order valence-electron chi connectivity index (χ2n) is 7.91. The van der Waals surface area contributed by atoms with Gasteiger partial charge in [-0.05, 0) is 42.7 Å². The Hall–Kier alpha value is -3.33. The van der Waals surface area contributed by atoms with Crippen molar-refractivity contribution in [1.29, 1.82) is 0 Å². The normalized spacial score (nSPS) is 18.5. The Morgan fingerprint density at radius 3 is 2.56 bits per heavy atom. The number of hydrogen-bond donors (Lipinski definition) is 1. The summed E-state index contributed by atoms with van der Waals surface area (Å²) in [5, 5.41) is 4.33. The molecule has 1 fully saturated rings. The van der Waals surface area contributed by atoms with E-state index in [4.69, 9.17) is 0 Å². The van der Waals surface area contributed by atoms with E-state index in [0.717, 1.165) is 31.6 Å². The monoisotopic (exact) mass is 495 g/mol. The van der Waals surface area contributed by atoms with Gasteiger partial charge in [0.2, 0.25) is 11.9 Å². The molecule has 0 bridgehead atoms. The van der Waals surface area contributed by atoms with Gasteiger partial charge in [-0.2, -0.15) is 5.43 Å². The van der Waals surface area contributed by atoms with Gasteiger partial charge in [-0.3, -0.25) is 14.6 Å². The molecular formula is C23H24BrN6O2+. The van der Waals surface area contributed by atoms with Crippen LogP contribution in [0.1, 0.15) is 22.3 Å². The number of benzene rings is 2. The lowest BCUT2D eigenvalue weighted by molar-refractivity contribution is -0.553. The summed E-state index contributed by atoms with van der Waals surface area (Å²) in [6.45, 7) is 4.52. The van der Waals surface area contributed by atoms with E-state index in [-0.39, 0.29) is 5.91 Å². The molecule has 1 unspecified atom stereocenters. The molecule has 0 spiro atoms. The third-order valence-corrected chi connectivity index (χ3v) is 6.15. The first-order valence-corrected chi connectivity index (χ1v) is 10.9. The fourth-order valence-corrected chi connectivity index (χ4v) is 3.99. The van der Waals surface area contributed by atoms with Crippen LogP contribution < -0.4 is 5.43 Å². The predicted octanol–water partition coefficient (Wildman–Crippen LogP) is 2.86. The second kappa shape index (κ2) is 8.66. The minimum Gasteiger partial charge on any atom is -0.270 e. The molecule has 32 heavy (non-hydrogen) atoms. The minimum atomic E-state index is -0.701. The number of hydrogen-bond acceptors (Lipinski definition) is 5. The lowest BCUT2D eigenvalue weighted by Crippen LogP contribution is -2.61. The molecule has 0 aromatic heterocycles. The molecule has 4 rings (SSSR count). The van der Waals surface area contributed by atoms with Gasteiger partial charge in [0.1, 0.15) is 0 Å². The highest BCUT2D eigenvalue weighted by atomic mass is 79.9. The topological polar surface area (TPSA) is 80.4 Å². The van der Waals surface area contributed by atoms with Gasteiger partial charge in [0.25, 0.3) is 5.91 Å². The number of fused-ring (bicyclic) bond motifs is 1. The third-order valence-electron chi connectivity index (χ3n) is 5.62. The van der Waals surface area contributed by atoms with Crippen molar-refractivity contribution >= 4 is 45.9 Å². The summed E-state index contributed by atoms with van der Waals surface area (Å²) < 4.78 is 2.84. The number of carbonyl (C=O) groups is 2. The van der Waals surface area contributed by atoms with Crippen molar-refractivity contribution in [2.24, 2.45) is 10.1 Å². The predicted molar refractivity (Wildman–Crippen MR) is 127 cm³/mol. The van der Waals surface area contributed by atoms with E-state index in [2.05, 4.69) is 49.6 Å². The van der Waals surface area contributed by atoms with Gasteiger partial charge in [-0.25, -0.2) is 9.37 Å².